The zero-order valence-corrected chi connectivity index (χ0v) is 10.2. The maximum Gasteiger partial charge on any atom is 0.266 e. The van der Waals surface area contributed by atoms with Gasteiger partial charge in [0.2, 0.25) is 6.33 Å². The van der Waals surface area contributed by atoms with Crippen LogP contribution in [0.25, 0.3) is 0 Å². The highest BCUT2D eigenvalue weighted by molar-refractivity contribution is 5.89. The van der Waals surface area contributed by atoms with Crippen molar-refractivity contribution in [2.75, 3.05) is 5.32 Å². The Hall–Kier alpha value is -2.30. The average molecular weight is 246 g/mol. The van der Waals surface area contributed by atoms with Gasteiger partial charge in [0.25, 0.3) is 5.91 Å². The predicted octanol–water partition coefficient (Wildman–Crippen LogP) is 1.14. The quantitative estimate of drug-likeness (QED) is 0.795. The van der Waals surface area contributed by atoms with Gasteiger partial charge in [-0.15, -0.1) is 0 Å². The van der Waals surface area contributed by atoms with Crippen LogP contribution >= 0.6 is 0 Å². The van der Waals surface area contributed by atoms with Crippen molar-refractivity contribution < 1.29 is 14.5 Å². The molecule has 2 N–H and O–H groups in total. The fourth-order valence-electron chi connectivity index (χ4n) is 1.67. The van der Waals surface area contributed by atoms with Gasteiger partial charge in [-0.25, -0.2) is 9.13 Å². The van der Waals surface area contributed by atoms with Crippen LogP contribution in [0.1, 0.15) is 6.92 Å². The molecular formula is C13H16N3O2+. The summed E-state index contributed by atoms with van der Waals surface area (Å²) in [5.74, 6) is 0.0112. The molecule has 1 amide bonds. The number of phenolic OH excluding ortho intramolecular Hbond substituents is 1. The Morgan fingerprint density at radius 2 is 2.33 bits per heavy atom. The summed E-state index contributed by atoms with van der Waals surface area (Å²) in [7, 11) is 0. The van der Waals surface area contributed by atoms with E-state index in [1.807, 2.05) is 34.8 Å². The van der Waals surface area contributed by atoms with Crippen molar-refractivity contribution in [1.29, 1.82) is 0 Å². The zero-order chi connectivity index (χ0) is 13.0. The van der Waals surface area contributed by atoms with Gasteiger partial charge in [0.15, 0.2) is 6.54 Å². The summed E-state index contributed by atoms with van der Waals surface area (Å²) in [6, 6.07) is 6.50. The second kappa shape index (κ2) is 5.35. The van der Waals surface area contributed by atoms with Gasteiger partial charge in [-0.05, 0) is 19.1 Å². The number of hydrogen-bond acceptors (Lipinski definition) is 2. The maximum atomic E-state index is 11.8. The van der Waals surface area contributed by atoms with E-state index in [0.717, 1.165) is 6.54 Å². The molecule has 0 aliphatic carbocycles. The zero-order valence-electron chi connectivity index (χ0n) is 10.2. The van der Waals surface area contributed by atoms with Crippen LogP contribution in [0.15, 0.2) is 43.0 Å². The van der Waals surface area contributed by atoms with Gasteiger partial charge in [0.05, 0.1) is 6.54 Å². The van der Waals surface area contributed by atoms with Crippen LogP contribution < -0.4 is 9.88 Å². The fourth-order valence-corrected chi connectivity index (χ4v) is 1.67. The molecule has 5 nitrogen and oxygen atoms in total. The molecule has 0 aliphatic heterocycles. The highest BCUT2D eigenvalue weighted by atomic mass is 16.3. The van der Waals surface area contributed by atoms with Crippen molar-refractivity contribution in [2.24, 2.45) is 0 Å². The molecule has 94 valence electrons. The third-order valence-electron chi connectivity index (χ3n) is 2.57. The molecule has 0 saturated heterocycles. The minimum atomic E-state index is -0.126. The predicted molar refractivity (Wildman–Crippen MR) is 67.0 cm³/mol. The van der Waals surface area contributed by atoms with Gasteiger partial charge in [0.1, 0.15) is 18.1 Å². The van der Waals surface area contributed by atoms with Gasteiger partial charge >= 0.3 is 0 Å². The van der Waals surface area contributed by atoms with Gasteiger partial charge < -0.3 is 10.4 Å². The number of nitrogens with zero attached hydrogens (tertiary/aromatic N) is 2. The van der Waals surface area contributed by atoms with Crippen molar-refractivity contribution in [3.63, 3.8) is 0 Å². The molecule has 1 heterocycles. The van der Waals surface area contributed by atoms with Crippen LogP contribution in [-0.4, -0.2) is 15.6 Å². The number of imidazole rings is 1. The summed E-state index contributed by atoms with van der Waals surface area (Å²) >= 11 is 0. The van der Waals surface area contributed by atoms with Gasteiger partial charge in [-0.3, -0.25) is 4.79 Å². The number of aromatic nitrogens is 2. The van der Waals surface area contributed by atoms with Crippen LogP contribution in [0.3, 0.4) is 0 Å². The lowest BCUT2D eigenvalue weighted by Crippen LogP contribution is -2.38. The normalized spacial score (nSPS) is 10.3. The van der Waals surface area contributed by atoms with Crippen molar-refractivity contribution in [1.82, 2.24) is 4.57 Å². The number of anilines is 1. The third kappa shape index (κ3) is 3.10. The standard InChI is InChI=1S/C13H15N3O2/c1-2-15-6-7-16(10-15)9-13(18)14-11-4-3-5-12(17)8-11/h3-8,10H,2,9H2,1H3,(H-,14,17,18)/p+1. The molecule has 5 heteroatoms. The second-order valence-corrected chi connectivity index (χ2v) is 4.01. The first-order valence-corrected chi connectivity index (χ1v) is 5.81. The second-order valence-electron chi connectivity index (χ2n) is 4.01. The first-order valence-electron chi connectivity index (χ1n) is 5.81. The lowest BCUT2D eigenvalue weighted by atomic mass is 10.3. The summed E-state index contributed by atoms with van der Waals surface area (Å²) in [5.41, 5.74) is 0.593. The van der Waals surface area contributed by atoms with E-state index < -0.39 is 0 Å². The van der Waals surface area contributed by atoms with Gasteiger partial charge in [0, 0.05) is 11.8 Å². The molecule has 0 bridgehead atoms. The van der Waals surface area contributed by atoms with Crippen LogP contribution in [0.2, 0.25) is 0 Å². The summed E-state index contributed by atoms with van der Waals surface area (Å²) in [6.07, 6.45) is 5.65. The van der Waals surface area contributed by atoms with Crippen LogP contribution in [0.5, 0.6) is 5.75 Å². The molecule has 2 aromatic rings. The number of carbonyl (C=O) groups is 1. The molecule has 1 aromatic heterocycles. The number of phenols is 1. The first kappa shape index (κ1) is 12.2. The monoisotopic (exact) mass is 246 g/mol. The Morgan fingerprint density at radius 3 is 3.00 bits per heavy atom. The number of carbonyl (C=O) groups excluding carboxylic acids is 1. The topological polar surface area (TPSA) is 58.1 Å². The molecule has 0 fully saturated rings. The molecular weight excluding hydrogens is 230 g/mol. The third-order valence-corrected chi connectivity index (χ3v) is 2.57. The lowest BCUT2D eigenvalue weighted by molar-refractivity contribution is -0.683. The van der Waals surface area contributed by atoms with Gasteiger partial charge in [-0.2, -0.15) is 0 Å². The number of rotatable bonds is 4. The Morgan fingerprint density at radius 1 is 1.50 bits per heavy atom. The number of amides is 1. The fraction of sp³-hybridized carbons (Fsp3) is 0.231. The van der Waals surface area contributed by atoms with Gasteiger partial charge in [-0.1, -0.05) is 6.07 Å². The molecule has 0 radical (unpaired) electrons. The molecule has 0 unspecified atom stereocenters. The van der Waals surface area contributed by atoms with E-state index in [9.17, 15) is 9.90 Å². The highest BCUT2D eigenvalue weighted by Crippen LogP contribution is 2.14. The van der Waals surface area contributed by atoms with Crippen LogP contribution in [-0.2, 0) is 17.9 Å². The largest absolute Gasteiger partial charge is 0.508 e. The van der Waals surface area contributed by atoms with Crippen LogP contribution in [0, 0.1) is 0 Å². The van der Waals surface area contributed by atoms with Crippen molar-refractivity contribution in [2.45, 2.75) is 20.0 Å². The number of aromatic hydroxyl groups is 1. The Balaban J connectivity index is 1.96. The van der Waals surface area contributed by atoms with E-state index in [1.165, 1.54) is 6.07 Å². The Kier molecular flexibility index (Phi) is 3.62. The van der Waals surface area contributed by atoms with Crippen molar-refractivity contribution >= 4 is 11.6 Å². The van der Waals surface area contributed by atoms with E-state index in [4.69, 9.17) is 0 Å². The molecule has 1 aromatic carbocycles. The molecule has 0 atom stereocenters. The number of aryl methyl sites for hydroxylation is 1. The van der Waals surface area contributed by atoms with E-state index in [1.54, 1.807) is 18.2 Å². The van der Waals surface area contributed by atoms with Crippen LogP contribution in [0.4, 0.5) is 5.69 Å². The molecule has 18 heavy (non-hydrogen) atoms. The summed E-state index contributed by atoms with van der Waals surface area (Å²) in [4.78, 5) is 11.8. The molecule has 0 spiro atoms. The Labute approximate surface area is 105 Å². The maximum absolute atomic E-state index is 11.8. The minimum absolute atomic E-state index is 0.126. The Bertz CT molecular complexity index is 549. The minimum Gasteiger partial charge on any atom is -0.508 e. The van der Waals surface area contributed by atoms with E-state index in [-0.39, 0.29) is 18.2 Å². The average Bonchev–Trinajstić information content (AvgIpc) is 2.76. The first-order chi connectivity index (χ1) is 8.67. The lowest BCUT2D eigenvalue weighted by Gasteiger charge is -2.03. The molecule has 0 saturated carbocycles. The molecule has 0 aliphatic rings. The van der Waals surface area contributed by atoms with E-state index >= 15 is 0 Å². The van der Waals surface area contributed by atoms with E-state index in [2.05, 4.69) is 5.32 Å². The van der Waals surface area contributed by atoms with Crippen molar-refractivity contribution in [3.05, 3.63) is 43.0 Å². The summed E-state index contributed by atoms with van der Waals surface area (Å²) < 4.78 is 3.79. The number of nitrogens with one attached hydrogen (secondary N) is 1. The van der Waals surface area contributed by atoms with Crippen molar-refractivity contribution in [3.8, 4) is 5.75 Å². The smallest absolute Gasteiger partial charge is 0.266 e. The summed E-state index contributed by atoms with van der Waals surface area (Å²) in [5, 5.41) is 12.0. The molecule has 2 rings (SSSR count). The number of hydrogen-bond donors (Lipinski definition) is 2. The SMILES string of the molecule is CCn1cc[n+](CC(=O)Nc2cccc(O)c2)c1. The summed E-state index contributed by atoms with van der Waals surface area (Å²) in [6.45, 7) is 3.17. The van der Waals surface area contributed by atoms with E-state index in [0.29, 0.717) is 5.69 Å². The number of benzene rings is 1. The highest BCUT2D eigenvalue weighted by Gasteiger charge is 2.08.